The first-order valence-corrected chi connectivity index (χ1v) is 11.4. The van der Waals surface area contributed by atoms with Crippen LogP contribution in [-0.4, -0.2) is 16.9 Å². The average molecular weight is 502 g/mol. The maximum atomic E-state index is 12.3. The molecule has 0 unspecified atom stereocenters. The fraction of sp³-hybridized carbons (Fsp3) is 0. The van der Waals surface area contributed by atoms with Crippen LogP contribution in [0.25, 0.3) is 17.4 Å². The van der Waals surface area contributed by atoms with E-state index in [9.17, 15) is 9.59 Å². The van der Waals surface area contributed by atoms with E-state index in [1.54, 1.807) is 60.7 Å². The van der Waals surface area contributed by atoms with Gasteiger partial charge in [0.05, 0.1) is 0 Å². The van der Waals surface area contributed by atoms with E-state index < -0.39 is 5.91 Å². The highest BCUT2D eigenvalue weighted by Gasteiger charge is 2.08. The molecular weight excluding hydrogens is 482 g/mol. The number of furan rings is 1. The molecule has 3 N–H and O–H groups in total. The van der Waals surface area contributed by atoms with Gasteiger partial charge in [-0.3, -0.25) is 14.9 Å². The highest BCUT2D eigenvalue weighted by Crippen LogP contribution is 2.22. The van der Waals surface area contributed by atoms with Crippen molar-refractivity contribution in [3.8, 4) is 11.3 Å². The van der Waals surface area contributed by atoms with Crippen molar-refractivity contribution in [2.75, 3.05) is 10.6 Å². The lowest BCUT2D eigenvalue weighted by atomic mass is 10.2. The standard InChI is InChI=1S/C27H20ClN3O3S/c28-20-8-4-7-19(17-20)26(33)29-21-9-11-22(12-10-21)30-27(35)31-25(32)16-14-23-13-15-24(34-23)18-5-2-1-3-6-18/h1-17H,(H,29,33)(H2,30,31,32,35)/b16-14+. The molecule has 1 heterocycles. The zero-order valence-corrected chi connectivity index (χ0v) is 19.9. The minimum Gasteiger partial charge on any atom is -0.457 e. The second kappa shape index (κ2) is 11.3. The fourth-order valence-corrected chi connectivity index (χ4v) is 3.55. The number of halogens is 1. The van der Waals surface area contributed by atoms with Crippen LogP contribution in [0.15, 0.2) is 101 Å². The Kier molecular flexibility index (Phi) is 7.72. The Bertz CT molecular complexity index is 1380. The molecule has 0 atom stereocenters. The SMILES string of the molecule is O=C(/C=C/c1ccc(-c2ccccc2)o1)NC(=S)Nc1ccc(NC(=O)c2cccc(Cl)c2)cc1. The first kappa shape index (κ1) is 23.9. The predicted molar refractivity (Wildman–Crippen MR) is 143 cm³/mol. The third-order valence-corrected chi connectivity index (χ3v) is 5.25. The normalized spacial score (nSPS) is 10.7. The molecule has 0 bridgehead atoms. The van der Waals surface area contributed by atoms with Crippen LogP contribution in [0, 0.1) is 0 Å². The van der Waals surface area contributed by atoms with Gasteiger partial charge in [0.25, 0.3) is 5.91 Å². The Balaban J connectivity index is 1.27. The average Bonchev–Trinajstić information content (AvgIpc) is 3.34. The number of amides is 2. The predicted octanol–water partition coefficient (Wildman–Crippen LogP) is 6.38. The molecule has 4 aromatic rings. The largest absolute Gasteiger partial charge is 0.457 e. The summed E-state index contributed by atoms with van der Waals surface area (Å²) in [6, 6.07) is 26.9. The third kappa shape index (κ3) is 6.89. The monoisotopic (exact) mass is 501 g/mol. The number of carbonyl (C=O) groups is 2. The number of hydrogen-bond acceptors (Lipinski definition) is 4. The molecule has 174 valence electrons. The summed E-state index contributed by atoms with van der Waals surface area (Å²) in [4.78, 5) is 24.5. The zero-order chi connectivity index (χ0) is 24.6. The number of benzene rings is 3. The molecule has 4 rings (SSSR count). The summed E-state index contributed by atoms with van der Waals surface area (Å²) < 4.78 is 5.74. The van der Waals surface area contributed by atoms with Gasteiger partial charge in [0.2, 0.25) is 5.91 Å². The molecule has 0 saturated carbocycles. The molecular formula is C27H20ClN3O3S. The number of carbonyl (C=O) groups excluding carboxylic acids is 2. The van der Waals surface area contributed by atoms with Crippen LogP contribution in [0.4, 0.5) is 11.4 Å². The lowest BCUT2D eigenvalue weighted by molar-refractivity contribution is -0.115. The number of nitrogens with one attached hydrogen (secondary N) is 3. The lowest BCUT2D eigenvalue weighted by Gasteiger charge is -2.10. The maximum absolute atomic E-state index is 12.3. The van der Waals surface area contributed by atoms with Gasteiger partial charge in [0.15, 0.2) is 5.11 Å². The molecule has 6 nitrogen and oxygen atoms in total. The van der Waals surface area contributed by atoms with Gasteiger partial charge in [-0.2, -0.15) is 0 Å². The van der Waals surface area contributed by atoms with Crippen LogP contribution in [0.2, 0.25) is 5.02 Å². The molecule has 8 heteroatoms. The van der Waals surface area contributed by atoms with Gasteiger partial charge < -0.3 is 15.1 Å². The van der Waals surface area contributed by atoms with E-state index in [1.165, 1.54) is 6.08 Å². The van der Waals surface area contributed by atoms with E-state index in [0.29, 0.717) is 27.7 Å². The molecule has 0 fully saturated rings. The van der Waals surface area contributed by atoms with Crippen LogP contribution in [0.3, 0.4) is 0 Å². The second-order valence-corrected chi connectivity index (χ2v) is 8.23. The zero-order valence-electron chi connectivity index (χ0n) is 18.3. The summed E-state index contributed by atoms with van der Waals surface area (Å²) in [5.41, 5.74) is 2.67. The summed E-state index contributed by atoms with van der Waals surface area (Å²) >= 11 is 11.1. The highest BCUT2D eigenvalue weighted by molar-refractivity contribution is 7.80. The molecule has 1 aromatic heterocycles. The van der Waals surface area contributed by atoms with Crippen molar-refractivity contribution in [2.45, 2.75) is 0 Å². The lowest BCUT2D eigenvalue weighted by Crippen LogP contribution is -2.32. The molecule has 0 aliphatic heterocycles. The van der Waals surface area contributed by atoms with Crippen molar-refractivity contribution in [2.24, 2.45) is 0 Å². The number of anilines is 2. The first-order valence-electron chi connectivity index (χ1n) is 10.6. The molecule has 2 amide bonds. The molecule has 0 radical (unpaired) electrons. The summed E-state index contributed by atoms with van der Waals surface area (Å²) in [5.74, 6) is 0.601. The third-order valence-electron chi connectivity index (χ3n) is 4.81. The van der Waals surface area contributed by atoms with Crippen LogP contribution in [0.1, 0.15) is 16.1 Å². The Hall–Kier alpha value is -4.20. The fourth-order valence-electron chi connectivity index (χ4n) is 3.14. The van der Waals surface area contributed by atoms with Crippen LogP contribution >= 0.6 is 23.8 Å². The van der Waals surface area contributed by atoms with Crippen LogP contribution < -0.4 is 16.0 Å². The van der Waals surface area contributed by atoms with Gasteiger partial charge in [-0.05, 0) is 72.9 Å². The molecule has 0 spiro atoms. The van der Waals surface area contributed by atoms with E-state index in [2.05, 4.69) is 16.0 Å². The van der Waals surface area contributed by atoms with Crippen molar-refractivity contribution in [3.05, 3.63) is 113 Å². The van der Waals surface area contributed by atoms with Crippen molar-refractivity contribution in [1.82, 2.24) is 5.32 Å². The second-order valence-electron chi connectivity index (χ2n) is 7.39. The van der Waals surface area contributed by atoms with E-state index in [-0.39, 0.29) is 11.0 Å². The minimum atomic E-state index is -0.398. The first-order chi connectivity index (χ1) is 17.0. The van der Waals surface area contributed by atoms with Crippen molar-refractivity contribution in [1.29, 1.82) is 0 Å². The summed E-state index contributed by atoms with van der Waals surface area (Å²) in [6.45, 7) is 0. The summed E-state index contributed by atoms with van der Waals surface area (Å²) in [6.07, 6.45) is 2.91. The number of hydrogen-bond donors (Lipinski definition) is 3. The van der Waals surface area contributed by atoms with E-state index in [1.807, 2.05) is 36.4 Å². The van der Waals surface area contributed by atoms with Gasteiger partial charge in [-0.1, -0.05) is 48.0 Å². The van der Waals surface area contributed by atoms with Crippen molar-refractivity contribution in [3.63, 3.8) is 0 Å². The van der Waals surface area contributed by atoms with Gasteiger partial charge in [-0.25, -0.2) is 0 Å². The smallest absolute Gasteiger partial charge is 0.255 e. The number of thiocarbonyl (C=S) groups is 1. The van der Waals surface area contributed by atoms with Crippen molar-refractivity contribution < 1.29 is 14.0 Å². The van der Waals surface area contributed by atoms with Gasteiger partial charge >= 0.3 is 0 Å². The molecule has 0 aliphatic carbocycles. The number of rotatable bonds is 6. The maximum Gasteiger partial charge on any atom is 0.255 e. The van der Waals surface area contributed by atoms with Crippen LogP contribution in [0.5, 0.6) is 0 Å². The minimum absolute atomic E-state index is 0.139. The molecule has 3 aromatic carbocycles. The highest BCUT2D eigenvalue weighted by atomic mass is 35.5. The molecule has 0 saturated heterocycles. The van der Waals surface area contributed by atoms with Gasteiger partial charge in [0, 0.05) is 33.6 Å². The Labute approximate surface area is 212 Å². The summed E-state index contributed by atoms with van der Waals surface area (Å²) in [7, 11) is 0. The Morgan fingerprint density at radius 1 is 0.829 bits per heavy atom. The molecule has 35 heavy (non-hydrogen) atoms. The van der Waals surface area contributed by atoms with E-state index in [0.717, 1.165) is 11.3 Å². The Morgan fingerprint density at radius 3 is 2.26 bits per heavy atom. The van der Waals surface area contributed by atoms with E-state index in [4.69, 9.17) is 28.2 Å². The Morgan fingerprint density at radius 2 is 1.54 bits per heavy atom. The summed E-state index contributed by atoms with van der Waals surface area (Å²) in [5, 5.41) is 8.93. The molecule has 0 aliphatic rings. The quantitative estimate of drug-likeness (QED) is 0.211. The topological polar surface area (TPSA) is 83.4 Å². The van der Waals surface area contributed by atoms with Gasteiger partial charge in [-0.15, -0.1) is 0 Å². The van der Waals surface area contributed by atoms with E-state index >= 15 is 0 Å². The van der Waals surface area contributed by atoms with Crippen molar-refractivity contribution >= 4 is 58.2 Å². The van der Waals surface area contributed by atoms with Crippen LogP contribution in [-0.2, 0) is 4.79 Å². The van der Waals surface area contributed by atoms with Gasteiger partial charge in [0.1, 0.15) is 11.5 Å².